The Hall–Kier alpha value is -2.31. The van der Waals surface area contributed by atoms with Crippen molar-refractivity contribution in [1.29, 1.82) is 0 Å². The van der Waals surface area contributed by atoms with Crippen molar-refractivity contribution in [2.24, 2.45) is 0 Å². The van der Waals surface area contributed by atoms with Gasteiger partial charge in [0.15, 0.2) is 22.4 Å². The van der Waals surface area contributed by atoms with Gasteiger partial charge in [-0.05, 0) is 77.6 Å². The highest BCUT2D eigenvalue weighted by atomic mass is 127. The fourth-order valence-corrected chi connectivity index (χ4v) is 5.12. The molecule has 2 aromatic rings. The molecule has 1 aliphatic heterocycles. The Bertz CT molecular complexity index is 1100. The van der Waals surface area contributed by atoms with Gasteiger partial charge in [0.05, 0.1) is 27.9 Å². The van der Waals surface area contributed by atoms with Gasteiger partial charge in [-0.1, -0.05) is 24.0 Å². The molecule has 0 spiro atoms. The van der Waals surface area contributed by atoms with Crippen LogP contribution in [0.4, 0.5) is 11.4 Å². The molecular formula is C23H23IN2O5S2. The van der Waals surface area contributed by atoms with Gasteiger partial charge in [0.2, 0.25) is 0 Å². The van der Waals surface area contributed by atoms with Crippen molar-refractivity contribution >= 4 is 80.2 Å². The highest BCUT2D eigenvalue weighted by molar-refractivity contribution is 14.1. The van der Waals surface area contributed by atoms with Gasteiger partial charge < -0.3 is 19.1 Å². The lowest BCUT2D eigenvalue weighted by molar-refractivity contribution is -0.145. The van der Waals surface area contributed by atoms with Crippen LogP contribution in [0.1, 0.15) is 12.5 Å². The van der Waals surface area contributed by atoms with Gasteiger partial charge in [0.1, 0.15) is 0 Å². The number of anilines is 2. The van der Waals surface area contributed by atoms with Crippen LogP contribution >= 0.6 is 46.6 Å². The van der Waals surface area contributed by atoms with Crippen LogP contribution in [0.5, 0.6) is 11.5 Å². The number of carbonyl (C=O) groups is 2. The number of amides is 1. The summed E-state index contributed by atoms with van der Waals surface area (Å²) in [7, 11) is 5.43. The number of hydrogen-bond acceptors (Lipinski definition) is 8. The number of benzene rings is 2. The van der Waals surface area contributed by atoms with Crippen molar-refractivity contribution < 1.29 is 23.8 Å². The first kappa shape index (κ1) is 25.3. The van der Waals surface area contributed by atoms with Crippen molar-refractivity contribution in [3.8, 4) is 11.5 Å². The van der Waals surface area contributed by atoms with Crippen molar-refractivity contribution in [3.05, 3.63) is 50.4 Å². The van der Waals surface area contributed by atoms with E-state index in [0.717, 1.165) is 20.5 Å². The normalized spacial score (nSPS) is 14.6. The molecule has 1 heterocycles. The maximum absolute atomic E-state index is 13.1. The molecule has 0 unspecified atom stereocenters. The Kier molecular flexibility index (Phi) is 8.60. The molecule has 1 saturated heterocycles. The van der Waals surface area contributed by atoms with E-state index in [1.165, 1.54) is 23.8 Å². The van der Waals surface area contributed by atoms with Crippen molar-refractivity contribution in [2.45, 2.75) is 6.92 Å². The number of thiocarbonyl (C=S) groups is 1. The number of halogens is 1. The molecule has 0 aliphatic carbocycles. The zero-order valence-corrected chi connectivity index (χ0v) is 22.4. The average molecular weight is 598 g/mol. The topological polar surface area (TPSA) is 68.3 Å². The number of thioether (sulfide) groups is 1. The second-order valence-corrected chi connectivity index (χ2v) is 9.89. The van der Waals surface area contributed by atoms with Crippen molar-refractivity contribution in [2.75, 3.05) is 44.2 Å². The van der Waals surface area contributed by atoms with E-state index in [9.17, 15) is 9.59 Å². The molecule has 0 saturated carbocycles. The van der Waals surface area contributed by atoms with Gasteiger partial charge in [-0.25, -0.2) is 4.79 Å². The molecule has 3 rings (SSSR count). The third kappa shape index (κ3) is 5.98. The van der Waals surface area contributed by atoms with Crippen LogP contribution in [0.2, 0.25) is 0 Å². The fourth-order valence-electron chi connectivity index (χ4n) is 3.04. The Morgan fingerprint density at radius 2 is 1.94 bits per heavy atom. The summed E-state index contributed by atoms with van der Waals surface area (Å²) < 4.78 is 17.2. The van der Waals surface area contributed by atoms with E-state index in [1.54, 1.807) is 19.1 Å². The molecule has 0 N–H and O–H groups in total. The number of rotatable bonds is 8. The minimum absolute atomic E-state index is 0.181. The first-order chi connectivity index (χ1) is 15.7. The number of ether oxygens (including phenoxy) is 3. The average Bonchev–Trinajstić information content (AvgIpc) is 3.05. The van der Waals surface area contributed by atoms with E-state index in [4.69, 9.17) is 26.4 Å². The maximum atomic E-state index is 13.1. The molecule has 7 nitrogen and oxygen atoms in total. The molecule has 0 aromatic heterocycles. The quantitative estimate of drug-likeness (QED) is 0.187. The molecule has 174 valence electrons. The molecule has 1 amide bonds. The highest BCUT2D eigenvalue weighted by Crippen LogP contribution is 2.39. The lowest BCUT2D eigenvalue weighted by Gasteiger charge is -2.17. The molecule has 0 bridgehead atoms. The Balaban J connectivity index is 1.84. The fraction of sp³-hybridized carbons (Fsp3) is 0.261. The molecular weight excluding hydrogens is 575 g/mol. The van der Waals surface area contributed by atoms with E-state index in [1.807, 2.05) is 49.3 Å². The standard InChI is InChI=1S/C23H23IN2O5S2/c1-5-30-20(27)13-31-21-17(24)10-14(11-18(21)29-4)12-19-22(28)26(23(32)33-19)16-8-6-15(7-9-16)25(2)3/h6-12H,5,13H2,1-4H3/b19-12+. The molecule has 0 atom stereocenters. The predicted octanol–water partition coefficient (Wildman–Crippen LogP) is 4.71. The smallest absolute Gasteiger partial charge is 0.344 e. The van der Waals surface area contributed by atoms with Gasteiger partial charge in [-0.2, -0.15) is 0 Å². The van der Waals surface area contributed by atoms with E-state index in [0.29, 0.717) is 20.7 Å². The minimum Gasteiger partial charge on any atom is -0.493 e. The van der Waals surface area contributed by atoms with Gasteiger partial charge >= 0.3 is 5.97 Å². The summed E-state index contributed by atoms with van der Waals surface area (Å²) in [6.07, 6.45) is 1.77. The van der Waals surface area contributed by atoms with E-state index >= 15 is 0 Å². The Morgan fingerprint density at radius 3 is 2.55 bits per heavy atom. The van der Waals surface area contributed by atoms with Gasteiger partial charge in [-0.3, -0.25) is 9.69 Å². The third-order valence-electron chi connectivity index (χ3n) is 4.61. The first-order valence-corrected chi connectivity index (χ1v) is 12.3. The zero-order valence-electron chi connectivity index (χ0n) is 18.6. The van der Waals surface area contributed by atoms with Gasteiger partial charge in [0, 0.05) is 19.8 Å². The summed E-state index contributed by atoms with van der Waals surface area (Å²) in [5.41, 5.74) is 2.51. The molecule has 2 aromatic carbocycles. The number of esters is 1. The third-order valence-corrected chi connectivity index (χ3v) is 6.71. The first-order valence-electron chi connectivity index (χ1n) is 9.96. The summed E-state index contributed by atoms with van der Waals surface area (Å²) in [5, 5.41) is 0. The summed E-state index contributed by atoms with van der Waals surface area (Å²) in [6.45, 7) is 1.80. The Morgan fingerprint density at radius 1 is 1.24 bits per heavy atom. The molecule has 10 heteroatoms. The maximum Gasteiger partial charge on any atom is 0.344 e. The van der Waals surface area contributed by atoms with Crippen LogP contribution in [0.3, 0.4) is 0 Å². The molecule has 1 fully saturated rings. The van der Waals surface area contributed by atoms with Crippen molar-refractivity contribution in [3.63, 3.8) is 0 Å². The van der Waals surface area contributed by atoms with Crippen LogP contribution < -0.4 is 19.3 Å². The Labute approximate surface area is 216 Å². The largest absolute Gasteiger partial charge is 0.493 e. The van der Waals surface area contributed by atoms with Crippen LogP contribution in [0.25, 0.3) is 6.08 Å². The van der Waals surface area contributed by atoms with Gasteiger partial charge in [0.25, 0.3) is 5.91 Å². The highest BCUT2D eigenvalue weighted by Gasteiger charge is 2.33. The van der Waals surface area contributed by atoms with Crippen LogP contribution in [0, 0.1) is 3.57 Å². The second-order valence-electron chi connectivity index (χ2n) is 7.06. The summed E-state index contributed by atoms with van der Waals surface area (Å²) in [4.78, 5) is 28.8. The number of hydrogen-bond donors (Lipinski definition) is 0. The lowest BCUT2D eigenvalue weighted by atomic mass is 10.1. The summed E-state index contributed by atoms with van der Waals surface area (Å²) in [6, 6.07) is 11.2. The number of nitrogens with zero attached hydrogens (tertiary/aromatic N) is 2. The van der Waals surface area contributed by atoms with E-state index in [-0.39, 0.29) is 19.1 Å². The molecule has 0 radical (unpaired) electrons. The minimum atomic E-state index is -0.457. The number of carbonyl (C=O) groups excluding carboxylic acids is 2. The second kappa shape index (κ2) is 11.2. The van der Waals surface area contributed by atoms with Gasteiger partial charge in [-0.15, -0.1) is 0 Å². The predicted molar refractivity (Wildman–Crippen MR) is 144 cm³/mol. The van der Waals surface area contributed by atoms with Crippen LogP contribution in [-0.4, -0.2) is 50.6 Å². The summed E-state index contributed by atoms with van der Waals surface area (Å²) in [5.74, 6) is 0.255. The van der Waals surface area contributed by atoms with Crippen molar-refractivity contribution in [1.82, 2.24) is 0 Å². The molecule has 33 heavy (non-hydrogen) atoms. The zero-order chi connectivity index (χ0) is 24.1. The SMILES string of the molecule is CCOC(=O)COc1c(I)cc(/C=C2/SC(=S)N(c3ccc(N(C)C)cc3)C2=O)cc1OC. The lowest BCUT2D eigenvalue weighted by Crippen LogP contribution is -2.27. The van der Waals surface area contributed by atoms with E-state index < -0.39 is 5.97 Å². The van der Waals surface area contributed by atoms with Crippen LogP contribution in [0.15, 0.2) is 41.3 Å². The monoisotopic (exact) mass is 598 g/mol. The number of methoxy groups -OCH3 is 1. The van der Waals surface area contributed by atoms with E-state index in [2.05, 4.69) is 22.6 Å². The molecule has 1 aliphatic rings. The summed E-state index contributed by atoms with van der Waals surface area (Å²) >= 11 is 8.83. The van der Waals surface area contributed by atoms with Crippen LogP contribution in [-0.2, 0) is 14.3 Å².